The highest BCUT2D eigenvalue weighted by Crippen LogP contribution is 2.40. The molecule has 0 aromatic heterocycles. The van der Waals surface area contributed by atoms with Gasteiger partial charge in [0.15, 0.2) is 68.1 Å². The van der Waals surface area contributed by atoms with Crippen LogP contribution in [-0.2, 0) is 109 Å². The standard InChI is InChI=1S/C41H52O23/c1-17(42)49-14-26-29(52-18(2)43)32(54-20(4)45)36(57-23(7)48)41(62-26)64-34-30(53-19(3)44)27(61-40-37(34)58-24(8)59-40)16-51-39-35(56-22(6)47)33(55-21(5)46)31-28(60-39)15-50-38(63-31)25-12-10-9-11-13-25/h9-13,24,26-41H,14-16H2,1-8H3/t24?,26-,27-,28-,29-,30-,31-,32+,33+,34+,35-,36-,37-,38?,39+,40+,41-/m1/s1. The van der Waals surface area contributed by atoms with Crippen LogP contribution in [0.5, 0.6) is 0 Å². The van der Waals surface area contributed by atoms with Crippen LogP contribution >= 0.6 is 0 Å². The Balaban J connectivity index is 1.31. The van der Waals surface area contributed by atoms with Crippen LogP contribution in [0.4, 0.5) is 0 Å². The first kappa shape index (κ1) is 48.6. The van der Waals surface area contributed by atoms with Crippen molar-refractivity contribution in [3.05, 3.63) is 35.9 Å². The second-order valence-corrected chi connectivity index (χ2v) is 15.3. The van der Waals surface area contributed by atoms with Gasteiger partial charge in [-0.05, 0) is 6.92 Å². The number of hydrogen-bond donors (Lipinski definition) is 0. The van der Waals surface area contributed by atoms with E-state index in [1.807, 2.05) is 6.07 Å². The minimum Gasteiger partial charge on any atom is -0.463 e. The second kappa shape index (κ2) is 21.4. The van der Waals surface area contributed by atoms with E-state index in [2.05, 4.69) is 0 Å². The van der Waals surface area contributed by atoms with Crippen molar-refractivity contribution in [3.8, 4) is 0 Å². The van der Waals surface area contributed by atoms with Crippen LogP contribution in [0.3, 0.4) is 0 Å². The molecular weight excluding hydrogens is 860 g/mol. The van der Waals surface area contributed by atoms with Gasteiger partial charge in [-0.1, -0.05) is 30.3 Å². The molecule has 5 aliphatic rings. The first-order valence-electron chi connectivity index (χ1n) is 20.4. The Morgan fingerprint density at radius 2 is 1.05 bits per heavy atom. The number of carbonyl (C=O) groups excluding carboxylic acids is 7. The van der Waals surface area contributed by atoms with Crippen LogP contribution in [0.1, 0.15) is 67.2 Å². The van der Waals surface area contributed by atoms with Crippen molar-refractivity contribution in [3.63, 3.8) is 0 Å². The molecule has 0 amide bonds. The van der Waals surface area contributed by atoms with Crippen molar-refractivity contribution in [2.45, 2.75) is 160 Å². The van der Waals surface area contributed by atoms with Crippen LogP contribution in [-0.4, -0.2) is 160 Å². The molecule has 1 aromatic carbocycles. The Morgan fingerprint density at radius 1 is 0.516 bits per heavy atom. The van der Waals surface area contributed by atoms with E-state index < -0.39 is 160 Å². The molecule has 6 rings (SSSR count). The van der Waals surface area contributed by atoms with Gasteiger partial charge in [-0.15, -0.1) is 0 Å². The van der Waals surface area contributed by atoms with Gasteiger partial charge in [-0.3, -0.25) is 33.6 Å². The van der Waals surface area contributed by atoms with E-state index in [0.29, 0.717) is 5.56 Å². The molecule has 5 fully saturated rings. The Hall–Kier alpha value is -4.85. The van der Waals surface area contributed by atoms with Crippen molar-refractivity contribution < 1.29 is 109 Å². The maximum Gasteiger partial charge on any atom is 0.303 e. The Bertz CT molecular complexity index is 1840. The van der Waals surface area contributed by atoms with E-state index in [1.54, 1.807) is 31.2 Å². The van der Waals surface area contributed by atoms with Crippen molar-refractivity contribution in [2.75, 3.05) is 19.8 Å². The average molecular weight is 913 g/mol. The van der Waals surface area contributed by atoms with E-state index in [-0.39, 0.29) is 6.61 Å². The molecule has 23 nitrogen and oxygen atoms in total. The van der Waals surface area contributed by atoms with Gasteiger partial charge in [-0.25, -0.2) is 0 Å². The third-order valence-electron chi connectivity index (χ3n) is 10.2. The van der Waals surface area contributed by atoms with Gasteiger partial charge < -0.3 is 75.8 Å². The Labute approximate surface area is 366 Å². The van der Waals surface area contributed by atoms with Crippen molar-refractivity contribution in [2.24, 2.45) is 0 Å². The van der Waals surface area contributed by atoms with E-state index in [0.717, 1.165) is 41.5 Å². The van der Waals surface area contributed by atoms with Crippen LogP contribution < -0.4 is 0 Å². The summed E-state index contributed by atoms with van der Waals surface area (Å²) in [4.78, 5) is 87.2. The number of hydrogen-bond acceptors (Lipinski definition) is 23. The lowest BCUT2D eigenvalue weighted by atomic mass is 9.95. The van der Waals surface area contributed by atoms with Gasteiger partial charge in [0.05, 0.1) is 13.2 Å². The molecule has 0 spiro atoms. The van der Waals surface area contributed by atoms with Crippen LogP contribution in [0.15, 0.2) is 30.3 Å². The number of rotatable bonds is 14. The predicted molar refractivity (Wildman–Crippen MR) is 202 cm³/mol. The SMILES string of the molecule is CC(=O)OC[C@H]1O[C@H](O[C@@H]2[C@H]3OC(C)O[C@H]3O[C@H](CO[C@H]3O[C@@H]4COC(c5ccccc5)O[C@H]4[C@H](OC(C)=O)[C@H]3OC(C)=O)[C@H]2OC(C)=O)[C@H](OC(C)=O)[C@@H](OC(C)=O)[C@@H]1OC(C)=O. The molecule has 23 heteroatoms. The zero-order chi connectivity index (χ0) is 46.4. The van der Waals surface area contributed by atoms with Crippen LogP contribution in [0.2, 0.25) is 0 Å². The molecule has 2 unspecified atom stereocenters. The first-order chi connectivity index (χ1) is 30.4. The van der Waals surface area contributed by atoms with Gasteiger partial charge >= 0.3 is 41.8 Å². The van der Waals surface area contributed by atoms with Crippen molar-refractivity contribution >= 4 is 41.8 Å². The summed E-state index contributed by atoms with van der Waals surface area (Å²) in [6.07, 6.45) is -22.5. The van der Waals surface area contributed by atoms with Gasteiger partial charge in [-0.2, -0.15) is 0 Å². The van der Waals surface area contributed by atoms with E-state index in [1.165, 1.54) is 6.92 Å². The summed E-state index contributed by atoms with van der Waals surface area (Å²) in [5.41, 5.74) is 0.669. The molecule has 5 aliphatic heterocycles. The Morgan fingerprint density at radius 3 is 1.64 bits per heavy atom. The predicted octanol–water partition coefficient (Wildman–Crippen LogP) is 0.592. The smallest absolute Gasteiger partial charge is 0.303 e. The largest absolute Gasteiger partial charge is 0.463 e. The Kier molecular flexibility index (Phi) is 16.3. The van der Waals surface area contributed by atoms with Gasteiger partial charge in [0.2, 0.25) is 0 Å². The number of ether oxygens (including phenoxy) is 16. The zero-order valence-electron chi connectivity index (χ0n) is 36.2. The highest BCUT2D eigenvalue weighted by molar-refractivity contribution is 5.69. The summed E-state index contributed by atoms with van der Waals surface area (Å²) < 4.78 is 94.6. The summed E-state index contributed by atoms with van der Waals surface area (Å²) in [5.74, 6) is -5.68. The lowest BCUT2D eigenvalue weighted by Gasteiger charge is -2.49. The maximum absolute atomic E-state index is 12.8. The maximum atomic E-state index is 12.8. The van der Waals surface area contributed by atoms with E-state index in [9.17, 15) is 33.6 Å². The highest BCUT2D eigenvalue weighted by Gasteiger charge is 2.60. The molecule has 0 N–H and O–H groups in total. The lowest BCUT2D eigenvalue weighted by molar-refractivity contribution is -0.370. The topological polar surface area (TPSA) is 267 Å². The molecule has 354 valence electrons. The van der Waals surface area contributed by atoms with Crippen molar-refractivity contribution in [1.82, 2.24) is 0 Å². The van der Waals surface area contributed by atoms with Gasteiger partial charge in [0, 0.05) is 54.0 Å². The minimum absolute atomic E-state index is 0.0661. The summed E-state index contributed by atoms with van der Waals surface area (Å²) in [5, 5.41) is 0. The molecule has 1 aromatic rings. The van der Waals surface area contributed by atoms with E-state index in [4.69, 9.17) is 75.8 Å². The number of carbonyl (C=O) groups is 7. The zero-order valence-corrected chi connectivity index (χ0v) is 36.2. The molecule has 0 radical (unpaired) electrons. The fourth-order valence-corrected chi connectivity index (χ4v) is 7.94. The molecule has 5 heterocycles. The van der Waals surface area contributed by atoms with Crippen LogP contribution in [0.25, 0.3) is 0 Å². The minimum atomic E-state index is -1.74. The summed E-state index contributed by atoms with van der Waals surface area (Å²) in [6.45, 7) is 8.15. The summed E-state index contributed by atoms with van der Waals surface area (Å²) >= 11 is 0. The summed E-state index contributed by atoms with van der Waals surface area (Å²) in [6, 6.07) is 8.97. The first-order valence-corrected chi connectivity index (χ1v) is 20.4. The summed E-state index contributed by atoms with van der Waals surface area (Å²) in [7, 11) is 0. The molecule has 64 heavy (non-hydrogen) atoms. The quantitative estimate of drug-likeness (QED) is 0.183. The molecule has 17 atom stereocenters. The molecule has 5 saturated heterocycles. The second-order valence-electron chi connectivity index (χ2n) is 15.3. The van der Waals surface area contributed by atoms with Gasteiger partial charge in [0.25, 0.3) is 0 Å². The third-order valence-corrected chi connectivity index (χ3v) is 10.2. The lowest BCUT2D eigenvalue weighted by Crippen LogP contribution is -2.67. The fourth-order valence-electron chi connectivity index (χ4n) is 7.94. The normalized spacial score (nSPS) is 36.8. The molecule has 0 bridgehead atoms. The molecular formula is C41H52O23. The highest BCUT2D eigenvalue weighted by atomic mass is 16.8. The molecule has 0 aliphatic carbocycles. The van der Waals surface area contributed by atoms with Gasteiger partial charge in [0.1, 0.15) is 43.2 Å². The monoisotopic (exact) mass is 912 g/mol. The number of benzene rings is 1. The average Bonchev–Trinajstić information content (AvgIpc) is 3.59. The third kappa shape index (κ3) is 12.1. The number of esters is 7. The van der Waals surface area contributed by atoms with E-state index >= 15 is 0 Å². The fraction of sp³-hybridized carbons (Fsp3) is 0.683. The number of fused-ring (bicyclic) bond motifs is 2. The molecule has 0 saturated carbocycles. The van der Waals surface area contributed by atoms with Crippen molar-refractivity contribution in [1.29, 1.82) is 0 Å². The van der Waals surface area contributed by atoms with Crippen LogP contribution in [0, 0.1) is 0 Å².